The predicted octanol–water partition coefficient (Wildman–Crippen LogP) is 2.67. The van der Waals surface area contributed by atoms with E-state index in [1.807, 2.05) is 18.2 Å². The molecule has 1 aromatic carbocycles. The average molecular weight is 268 g/mol. The number of anilines is 1. The van der Waals surface area contributed by atoms with Crippen LogP contribution >= 0.6 is 17.0 Å². The maximum Gasteiger partial charge on any atom is 0.336 e. The third kappa shape index (κ3) is 2.27. The van der Waals surface area contributed by atoms with Crippen molar-refractivity contribution in [1.29, 1.82) is 0 Å². The zero-order chi connectivity index (χ0) is 9.97. The normalized spacial score (nSPS) is 12.7. The highest BCUT2D eigenvalue weighted by Gasteiger charge is 2.13. The van der Waals surface area contributed by atoms with Crippen molar-refractivity contribution in [2.24, 2.45) is 0 Å². The Labute approximate surface area is 97.9 Å². The number of carboxylic acid groups (broad SMARTS) is 1. The molecule has 1 aliphatic heterocycles. The number of rotatable bonds is 1. The number of hydrogen-bond donors (Lipinski definition) is 2. The van der Waals surface area contributed by atoms with Gasteiger partial charge >= 0.3 is 5.97 Å². The van der Waals surface area contributed by atoms with Gasteiger partial charge < -0.3 is 10.4 Å². The number of allylic oxidation sites excluding steroid dienone is 2. The summed E-state index contributed by atoms with van der Waals surface area (Å²) in [5.74, 6) is -0.911. The fourth-order valence-electron chi connectivity index (χ4n) is 1.40. The zero-order valence-electron chi connectivity index (χ0n) is 7.81. The molecule has 3 nitrogen and oxygen atoms in total. The molecular formula is C11H10BrNO2. The van der Waals surface area contributed by atoms with Crippen molar-refractivity contribution in [2.75, 3.05) is 5.32 Å². The Morgan fingerprint density at radius 2 is 2.00 bits per heavy atom. The summed E-state index contributed by atoms with van der Waals surface area (Å²) in [5, 5.41) is 12.0. The average Bonchev–Trinajstić information content (AvgIpc) is 2.39. The van der Waals surface area contributed by atoms with Gasteiger partial charge in [-0.2, -0.15) is 0 Å². The van der Waals surface area contributed by atoms with Crippen LogP contribution in [-0.2, 0) is 4.79 Å². The van der Waals surface area contributed by atoms with Crippen LogP contribution in [0.25, 0.3) is 5.57 Å². The zero-order valence-corrected chi connectivity index (χ0v) is 9.52. The summed E-state index contributed by atoms with van der Waals surface area (Å²) < 4.78 is 0. The first-order chi connectivity index (χ1) is 6.79. The Morgan fingerprint density at radius 3 is 2.73 bits per heavy atom. The van der Waals surface area contributed by atoms with Gasteiger partial charge in [0.1, 0.15) is 0 Å². The van der Waals surface area contributed by atoms with Gasteiger partial charge in [-0.1, -0.05) is 18.2 Å². The molecule has 0 saturated carbocycles. The van der Waals surface area contributed by atoms with Crippen molar-refractivity contribution < 1.29 is 9.90 Å². The van der Waals surface area contributed by atoms with Crippen LogP contribution in [0.5, 0.6) is 0 Å². The Kier molecular flexibility index (Phi) is 3.68. The van der Waals surface area contributed by atoms with Gasteiger partial charge in [0.25, 0.3) is 0 Å². The van der Waals surface area contributed by atoms with Crippen molar-refractivity contribution in [3.05, 3.63) is 48.2 Å². The molecule has 15 heavy (non-hydrogen) atoms. The highest BCUT2D eigenvalue weighted by atomic mass is 79.9. The van der Waals surface area contributed by atoms with Gasteiger partial charge in [-0.3, -0.25) is 0 Å². The van der Waals surface area contributed by atoms with Gasteiger partial charge in [-0.05, 0) is 18.2 Å². The Balaban J connectivity index is 0.00000112. The van der Waals surface area contributed by atoms with Gasteiger partial charge in [-0.25, -0.2) is 4.79 Å². The minimum Gasteiger partial charge on any atom is -0.478 e. The van der Waals surface area contributed by atoms with Crippen molar-refractivity contribution in [3.63, 3.8) is 0 Å². The summed E-state index contributed by atoms with van der Waals surface area (Å²) in [4.78, 5) is 10.9. The molecule has 0 spiro atoms. The second-order valence-corrected chi connectivity index (χ2v) is 2.93. The third-order valence-corrected chi connectivity index (χ3v) is 2.05. The summed E-state index contributed by atoms with van der Waals surface area (Å²) in [6.45, 7) is 0. The number of carbonyl (C=O) groups is 1. The molecule has 0 bridgehead atoms. The number of halogens is 1. The number of carboxylic acids is 1. The summed E-state index contributed by atoms with van der Waals surface area (Å²) in [6, 6.07) is 7.32. The van der Waals surface area contributed by atoms with Crippen LogP contribution in [0.3, 0.4) is 0 Å². The molecule has 0 radical (unpaired) electrons. The molecule has 1 aromatic rings. The largest absolute Gasteiger partial charge is 0.478 e. The Hall–Kier alpha value is -1.55. The first kappa shape index (κ1) is 11.5. The molecule has 2 N–H and O–H groups in total. The number of benzene rings is 1. The second kappa shape index (κ2) is 4.79. The lowest BCUT2D eigenvalue weighted by atomic mass is 10.0. The van der Waals surface area contributed by atoms with E-state index in [1.165, 1.54) is 0 Å². The molecule has 4 heteroatoms. The van der Waals surface area contributed by atoms with Crippen LogP contribution < -0.4 is 5.32 Å². The first-order valence-corrected chi connectivity index (χ1v) is 4.25. The van der Waals surface area contributed by atoms with Gasteiger partial charge in [0, 0.05) is 17.5 Å². The van der Waals surface area contributed by atoms with E-state index in [0.29, 0.717) is 11.1 Å². The number of para-hydroxylation sites is 1. The number of hydrogen-bond acceptors (Lipinski definition) is 2. The quantitative estimate of drug-likeness (QED) is 0.823. The minimum absolute atomic E-state index is 0. The Bertz CT molecular complexity index is 438. The minimum atomic E-state index is -0.911. The highest BCUT2D eigenvalue weighted by Crippen LogP contribution is 2.25. The van der Waals surface area contributed by atoms with E-state index >= 15 is 0 Å². The van der Waals surface area contributed by atoms with E-state index in [9.17, 15) is 4.79 Å². The Morgan fingerprint density at radius 1 is 1.27 bits per heavy atom. The van der Waals surface area contributed by atoms with Crippen molar-refractivity contribution in [3.8, 4) is 0 Å². The number of fused-ring (bicyclic) bond motifs is 1. The lowest BCUT2D eigenvalue weighted by Crippen LogP contribution is -2.00. The summed E-state index contributed by atoms with van der Waals surface area (Å²) in [7, 11) is 0. The number of nitrogens with one attached hydrogen (secondary N) is 1. The summed E-state index contributed by atoms with van der Waals surface area (Å²) in [5.41, 5.74) is 1.83. The van der Waals surface area contributed by atoms with Crippen LogP contribution in [0.1, 0.15) is 5.56 Å². The van der Waals surface area contributed by atoms with E-state index in [2.05, 4.69) is 5.32 Å². The molecule has 0 fully saturated rings. The highest BCUT2D eigenvalue weighted by molar-refractivity contribution is 8.93. The monoisotopic (exact) mass is 267 g/mol. The van der Waals surface area contributed by atoms with Crippen molar-refractivity contribution in [2.45, 2.75) is 0 Å². The van der Waals surface area contributed by atoms with Crippen LogP contribution in [0, 0.1) is 0 Å². The molecule has 1 aliphatic rings. The molecule has 0 saturated heterocycles. The van der Waals surface area contributed by atoms with E-state index in [-0.39, 0.29) is 17.0 Å². The maximum absolute atomic E-state index is 10.9. The SMILES string of the molecule is Br.O=C(O)C1=CC=CNc2ccccc21. The van der Waals surface area contributed by atoms with Gasteiger partial charge in [0.05, 0.1) is 5.57 Å². The molecule has 78 valence electrons. The molecule has 1 heterocycles. The van der Waals surface area contributed by atoms with Crippen molar-refractivity contribution in [1.82, 2.24) is 0 Å². The topological polar surface area (TPSA) is 49.3 Å². The summed E-state index contributed by atoms with van der Waals surface area (Å²) >= 11 is 0. The molecule has 0 aliphatic carbocycles. The van der Waals surface area contributed by atoms with Gasteiger partial charge in [0.2, 0.25) is 0 Å². The van der Waals surface area contributed by atoms with E-state index < -0.39 is 5.97 Å². The van der Waals surface area contributed by atoms with Crippen LogP contribution in [0.4, 0.5) is 5.69 Å². The van der Waals surface area contributed by atoms with Crippen LogP contribution in [-0.4, -0.2) is 11.1 Å². The molecule has 0 amide bonds. The third-order valence-electron chi connectivity index (χ3n) is 2.05. The fourth-order valence-corrected chi connectivity index (χ4v) is 1.40. The smallest absolute Gasteiger partial charge is 0.336 e. The predicted molar refractivity (Wildman–Crippen MR) is 65.1 cm³/mol. The van der Waals surface area contributed by atoms with Crippen LogP contribution in [0.15, 0.2) is 42.6 Å². The molecular weight excluding hydrogens is 258 g/mol. The lowest BCUT2D eigenvalue weighted by molar-refractivity contribution is -0.130. The molecule has 0 atom stereocenters. The van der Waals surface area contributed by atoms with Gasteiger partial charge in [-0.15, -0.1) is 17.0 Å². The maximum atomic E-state index is 10.9. The van der Waals surface area contributed by atoms with Crippen molar-refractivity contribution >= 4 is 34.2 Å². The second-order valence-electron chi connectivity index (χ2n) is 2.93. The number of aliphatic carboxylic acids is 1. The van der Waals surface area contributed by atoms with E-state index in [1.54, 1.807) is 24.4 Å². The first-order valence-electron chi connectivity index (χ1n) is 4.25. The fraction of sp³-hybridized carbons (Fsp3) is 0. The summed E-state index contributed by atoms with van der Waals surface area (Å²) in [6.07, 6.45) is 4.99. The van der Waals surface area contributed by atoms with Crippen LogP contribution in [0.2, 0.25) is 0 Å². The molecule has 0 unspecified atom stereocenters. The van der Waals surface area contributed by atoms with E-state index in [0.717, 1.165) is 5.69 Å². The molecule has 0 aromatic heterocycles. The van der Waals surface area contributed by atoms with E-state index in [4.69, 9.17) is 5.11 Å². The molecule has 2 rings (SSSR count). The van der Waals surface area contributed by atoms with Gasteiger partial charge in [0.15, 0.2) is 0 Å². The lowest BCUT2D eigenvalue weighted by Gasteiger charge is -2.06. The standard InChI is InChI=1S/C11H9NO2.BrH/c13-11(14)9-5-3-7-12-10-6-2-1-4-8(9)10;/h1-7,12H,(H,13,14);1H.